The molecule has 1 atom stereocenters. The van der Waals surface area contributed by atoms with Crippen LogP contribution in [0.2, 0.25) is 5.02 Å². The minimum absolute atomic E-state index is 0.254. The van der Waals surface area contributed by atoms with Crippen LogP contribution in [0.4, 0.5) is 26.3 Å². The molecule has 0 spiro atoms. The molecule has 0 radical (unpaired) electrons. The van der Waals surface area contributed by atoms with Gasteiger partial charge in [0, 0.05) is 12.6 Å². The number of benzene rings is 1. The third-order valence-electron chi connectivity index (χ3n) is 4.74. The highest BCUT2D eigenvalue weighted by Gasteiger charge is 2.47. The Bertz CT molecular complexity index is 1130. The van der Waals surface area contributed by atoms with E-state index in [4.69, 9.17) is 16.9 Å². The summed E-state index contributed by atoms with van der Waals surface area (Å²) in [5.74, 6) is -6.38. The van der Waals surface area contributed by atoms with Crippen molar-refractivity contribution in [2.24, 2.45) is 0 Å². The first kappa shape index (κ1) is 24.4. The largest absolute Gasteiger partial charge is 0.435 e. The number of carbonyl (C=O) groups is 2. The molecule has 2 amide bonds. The van der Waals surface area contributed by atoms with Gasteiger partial charge in [-0.15, -0.1) is 0 Å². The van der Waals surface area contributed by atoms with Crippen molar-refractivity contribution in [3.05, 3.63) is 52.1 Å². The van der Waals surface area contributed by atoms with E-state index in [0.29, 0.717) is 10.5 Å². The summed E-state index contributed by atoms with van der Waals surface area (Å²) < 4.78 is 81.2. The number of hydrogen-bond donors (Lipinski definition) is 1. The van der Waals surface area contributed by atoms with E-state index >= 15 is 0 Å². The molecule has 2 aromatic rings. The smallest absolute Gasteiger partial charge is 0.343 e. The van der Waals surface area contributed by atoms with Crippen LogP contribution in [0.3, 0.4) is 0 Å². The van der Waals surface area contributed by atoms with Gasteiger partial charge in [0.25, 0.3) is 11.8 Å². The first-order chi connectivity index (χ1) is 15.3. The molecule has 0 bridgehead atoms. The lowest BCUT2D eigenvalue weighted by atomic mass is 10.2. The molecule has 3 rings (SSSR count). The first-order valence-corrected chi connectivity index (χ1v) is 9.62. The average molecular weight is 494 g/mol. The van der Waals surface area contributed by atoms with E-state index < -0.39 is 66.5 Å². The van der Waals surface area contributed by atoms with Gasteiger partial charge in [0.2, 0.25) is 5.91 Å². The standard InChI is InChI=1S/C19H14ClF6N5O2/c20-13-3-10(1-2-14(13)21)7-30-8-12(16(29-30)19(24,25)26)17(33)28-6-15(32)31-9-18(22,23)4-11(31)5-27/h1-3,8,11H,4,6-7,9H2,(H,28,33)/t11-/m0/s1. The summed E-state index contributed by atoms with van der Waals surface area (Å²) in [6.45, 7) is -2.21. The predicted octanol–water partition coefficient (Wildman–Crippen LogP) is 3.23. The van der Waals surface area contributed by atoms with Crippen LogP contribution in [0.15, 0.2) is 24.4 Å². The van der Waals surface area contributed by atoms with E-state index in [1.165, 1.54) is 12.1 Å². The van der Waals surface area contributed by atoms with Gasteiger partial charge in [-0.2, -0.15) is 23.5 Å². The third kappa shape index (κ3) is 5.57. The molecule has 1 aliphatic rings. The molecule has 1 fully saturated rings. The van der Waals surface area contributed by atoms with Crippen LogP contribution < -0.4 is 5.32 Å². The average Bonchev–Trinajstić information content (AvgIpc) is 3.29. The molecule has 1 N–H and O–H groups in total. The molecule has 1 aromatic heterocycles. The highest BCUT2D eigenvalue weighted by Crippen LogP contribution is 2.32. The second kappa shape index (κ2) is 8.93. The number of carbonyl (C=O) groups excluding carboxylic acids is 2. The molecular formula is C19H14ClF6N5O2. The Balaban J connectivity index is 1.75. The highest BCUT2D eigenvalue weighted by molar-refractivity contribution is 6.30. The normalized spacial score (nSPS) is 17.6. The number of halogens is 7. The van der Waals surface area contributed by atoms with Crippen molar-refractivity contribution in [2.45, 2.75) is 31.1 Å². The fourth-order valence-electron chi connectivity index (χ4n) is 3.25. The second-order valence-electron chi connectivity index (χ2n) is 7.24. The zero-order chi connectivity index (χ0) is 24.6. The van der Waals surface area contributed by atoms with Crippen molar-refractivity contribution in [3.8, 4) is 6.07 Å². The molecule has 2 heterocycles. The van der Waals surface area contributed by atoms with Gasteiger partial charge >= 0.3 is 6.18 Å². The van der Waals surface area contributed by atoms with E-state index in [1.807, 2.05) is 5.32 Å². The molecule has 176 valence electrons. The quantitative estimate of drug-likeness (QED) is 0.648. The van der Waals surface area contributed by atoms with E-state index in [9.17, 15) is 35.9 Å². The summed E-state index contributed by atoms with van der Waals surface area (Å²) in [6, 6.07) is 3.60. The SMILES string of the molecule is N#C[C@@H]1CC(F)(F)CN1C(=O)CNC(=O)c1cn(Cc2ccc(F)c(Cl)c2)nc1C(F)(F)F. The lowest BCUT2D eigenvalue weighted by Gasteiger charge is -2.19. The Morgan fingerprint density at radius 2 is 2.03 bits per heavy atom. The maximum absolute atomic E-state index is 13.5. The number of nitriles is 1. The summed E-state index contributed by atoms with van der Waals surface area (Å²) in [7, 11) is 0. The lowest BCUT2D eigenvalue weighted by Crippen LogP contribution is -2.43. The number of nitrogens with zero attached hydrogens (tertiary/aromatic N) is 4. The molecule has 7 nitrogen and oxygen atoms in total. The van der Waals surface area contributed by atoms with Crippen LogP contribution in [0.25, 0.3) is 0 Å². The van der Waals surface area contributed by atoms with Crippen molar-refractivity contribution in [2.75, 3.05) is 13.1 Å². The number of nitrogens with one attached hydrogen (secondary N) is 1. The Labute approximate surface area is 187 Å². The lowest BCUT2D eigenvalue weighted by molar-refractivity contribution is -0.141. The van der Waals surface area contributed by atoms with Crippen molar-refractivity contribution in [1.29, 1.82) is 5.26 Å². The second-order valence-corrected chi connectivity index (χ2v) is 7.65. The topological polar surface area (TPSA) is 91.0 Å². The van der Waals surface area contributed by atoms with Crippen LogP contribution in [-0.4, -0.2) is 51.5 Å². The van der Waals surface area contributed by atoms with Gasteiger partial charge in [0.15, 0.2) is 5.69 Å². The van der Waals surface area contributed by atoms with Gasteiger partial charge < -0.3 is 10.2 Å². The fourth-order valence-corrected chi connectivity index (χ4v) is 3.45. The van der Waals surface area contributed by atoms with E-state index in [-0.39, 0.29) is 11.6 Å². The minimum Gasteiger partial charge on any atom is -0.343 e. The monoisotopic (exact) mass is 493 g/mol. The third-order valence-corrected chi connectivity index (χ3v) is 5.03. The number of aromatic nitrogens is 2. The highest BCUT2D eigenvalue weighted by atomic mass is 35.5. The summed E-state index contributed by atoms with van der Waals surface area (Å²) in [4.78, 5) is 25.1. The zero-order valence-corrected chi connectivity index (χ0v) is 17.2. The first-order valence-electron chi connectivity index (χ1n) is 9.24. The molecule has 1 aliphatic heterocycles. The van der Waals surface area contributed by atoms with Gasteiger partial charge in [0.05, 0.1) is 36.3 Å². The predicted molar refractivity (Wildman–Crippen MR) is 101 cm³/mol. The molecular weight excluding hydrogens is 480 g/mol. The van der Waals surface area contributed by atoms with Crippen molar-refractivity contribution in [3.63, 3.8) is 0 Å². The van der Waals surface area contributed by atoms with Crippen LogP contribution in [0, 0.1) is 17.1 Å². The van der Waals surface area contributed by atoms with Gasteiger partial charge in [-0.05, 0) is 17.7 Å². The number of hydrogen-bond acceptors (Lipinski definition) is 4. The van der Waals surface area contributed by atoms with Gasteiger partial charge in [0.1, 0.15) is 11.9 Å². The number of rotatable bonds is 5. The summed E-state index contributed by atoms with van der Waals surface area (Å²) >= 11 is 5.65. The molecule has 1 aromatic carbocycles. The van der Waals surface area contributed by atoms with E-state index in [0.717, 1.165) is 16.9 Å². The van der Waals surface area contributed by atoms with Crippen LogP contribution in [-0.2, 0) is 17.5 Å². The number of alkyl halides is 5. The van der Waals surface area contributed by atoms with Gasteiger partial charge in [-0.1, -0.05) is 17.7 Å². The molecule has 0 unspecified atom stereocenters. The van der Waals surface area contributed by atoms with E-state index in [2.05, 4.69) is 5.10 Å². The Morgan fingerprint density at radius 3 is 2.64 bits per heavy atom. The number of amides is 2. The van der Waals surface area contributed by atoms with E-state index in [1.54, 1.807) is 6.07 Å². The van der Waals surface area contributed by atoms with Crippen molar-refractivity contribution < 1.29 is 35.9 Å². The van der Waals surface area contributed by atoms with Crippen molar-refractivity contribution >= 4 is 23.4 Å². The molecule has 0 saturated carbocycles. The maximum atomic E-state index is 13.5. The van der Waals surface area contributed by atoms with Gasteiger partial charge in [-0.25, -0.2) is 13.2 Å². The molecule has 1 saturated heterocycles. The molecule has 33 heavy (non-hydrogen) atoms. The summed E-state index contributed by atoms with van der Waals surface area (Å²) in [5.41, 5.74) is -2.15. The maximum Gasteiger partial charge on any atom is 0.435 e. The van der Waals surface area contributed by atoms with Crippen LogP contribution in [0.5, 0.6) is 0 Å². The fraction of sp³-hybridized carbons (Fsp3) is 0.368. The van der Waals surface area contributed by atoms with Gasteiger partial charge in [-0.3, -0.25) is 14.3 Å². The zero-order valence-electron chi connectivity index (χ0n) is 16.5. The van der Waals surface area contributed by atoms with Crippen molar-refractivity contribution in [1.82, 2.24) is 20.0 Å². The Morgan fingerprint density at radius 1 is 1.33 bits per heavy atom. The number of likely N-dealkylation sites (tertiary alicyclic amines) is 1. The molecule has 0 aliphatic carbocycles. The Kier molecular flexibility index (Phi) is 6.60. The summed E-state index contributed by atoms with van der Waals surface area (Å²) in [6.07, 6.45) is -5.12. The molecule has 14 heteroatoms. The minimum atomic E-state index is -5.02. The summed E-state index contributed by atoms with van der Waals surface area (Å²) in [5, 5.41) is 14.0. The Hall–Kier alpha value is -3.27. The van der Waals surface area contributed by atoms with Crippen LogP contribution in [0.1, 0.15) is 28.0 Å². The van der Waals surface area contributed by atoms with Crippen LogP contribution >= 0.6 is 11.6 Å².